The molecule has 0 N–H and O–H groups in total. The molecule has 1 aromatic carbocycles. The first-order chi connectivity index (χ1) is 10.7. The van der Waals surface area contributed by atoms with Gasteiger partial charge in [-0.1, -0.05) is 0 Å². The molecule has 0 unspecified atom stereocenters. The maximum atomic E-state index is 12.7. The molecule has 0 radical (unpaired) electrons. The van der Waals surface area contributed by atoms with E-state index in [4.69, 9.17) is 9.47 Å². The van der Waals surface area contributed by atoms with Crippen molar-refractivity contribution in [2.75, 3.05) is 14.2 Å². The van der Waals surface area contributed by atoms with Gasteiger partial charge in [-0.25, -0.2) is 4.98 Å². The minimum Gasteiger partial charge on any atom is -0.497 e. The number of carbonyl (C=O) groups is 1. The normalized spacial score (nSPS) is 12.2. The molecule has 108 valence electrons. The van der Waals surface area contributed by atoms with Crippen LogP contribution in [0.25, 0.3) is 22.0 Å². The van der Waals surface area contributed by atoms with Gasteiger partial charge in [-0.2, -0.15) is 0 Å². The second-order valence-corrected chi connectivity index (χ2v) is 5.00. The summed E-state index contributed by atoms with van der Waals surface area (Å²) in [4.78, 5) is 21.5. The van der Waals surface area contributed by atoms with Gasteiger partial charge >= 0.3 is 0 Å². The summed E-state index contributed by atoms with van der Waals surface area (Å²) < 4.78 is 10.6. The fourth-order valence-corrected chi connectivity index (χ4v) is 2.87. The molecule has 0 fully saturated rings. The van der Waals surface area contributed by atoms with Crippen molar-refractivity contribution in [3.8, 4) is 22.8 Å². The van der Waals surface area contributed by atoms with Crippen LogP contribution in [0.15, 0.2) is 36.7 Å². The van der Waals surface area contributed by atoms with Crippen molar-refractivity contribution in [2.24, 2.45) is 0 Å². The monoisotopic (exact) mass is 292 g/mol. The molecular formula is C17H12N2O3. The highest BCUT2D eigenvalue weighted by Crippen LogP contribution is 2.40. The molecule has 0 saturated carbocycles. The van der Waals surface area contributed by atoms with Crippen LogP contribution < -0.4 is 9.47 Å². The summed E-state index contributed by atoms with van der Waals surface area (Å²) in [7, 11) is 3.18. The number of carbonyl (C=O) groups excluding carboxylic acids is 1. The van der Waals surface area contributed by atoms with E-state index in [-0.39, 0.29) is 5.78 Å². The second kappa shape index (κ2) is 4.53. The molecule has 0 saturated heterocycles. The number of ketones is 1. The first-order valence-electron chi connectivity index (χ1n) is 6.79. The van der Waals surface area contributed by atoms with Crippen LogP contribution in [0.1, 0.15) is 16.1 Å². The highest BCUT2D eigenvalue weighted by atomic mass is 16.5. The van der Waals surface area contributed by atoms with Crippen LogP contribution in [0.4, 0.5) is 0 Å². The van der Waals surface area contributed by atoms with E-state index in [1.165, 1.54) is 0 Å². The Balaban J connectivity index is 2.16. The quantitative estimate of drug-likeness (QED) is 0.568. The molecule has 3 aromatic rings. The van der Waals surface area contributed by atoms with Gasteiger partial charge in [-0.3, -0.25) is 9.78 Å². The Morgan fingerprint density at radius 1 is 0.955 bits per heavy atom. The topological polar surface area (TPSA) is 61.3 Å². The molecule has 2 heterocycles. The Morgan fingerprint density at radius 3 is 2.59 bits per heavy atom. The minimum absolute atomic E-state index is 0.106. The fourth-order valence-electron chi connectivity index (χ4n) is 2.87. The van der Waals surface area contributed by atoms with E-state index >= 15 is 0 Å². The summed E-state index contributed by atoms with van der Waals surface area (Å²) in [6.45, 7) is 0. The number of benzene rings is 1. The lowest BCUT2D eigenvalue weighted by atomic mass is 9.88. The number of ether oxygens (including phenoxy) is 2. The molecule has 0 amide bonds. The van der Waals surface area contributed by atoms with Crippen LogP contribution in [-0.2, 0) is 0 Å². The summed E-state index contributed by atoms with van der Waals surface area (Å²) in [5, 5.41) is 1.56. The number of hydrogen-bond acceptors (Lipinski definition) is 5. The molecule has 0 spiro atoms. The van der Waals surface area contributed by atoms with Crippen molar-refractivity contribution in [3.05, 3.63) is 47.9 Å². The van der Waals surface area contributed by atoms with E-state index < -0.39 is 0 Å². The first-order valence-corrected chi connectivity index (χ1v) is 6.79. The van der Waals surface area contributed by atoms with Gasteiger partial charge in [0.15, 0.2) is 0 Å². The van der Waals surface area contributed by atoms with Gasteiger partial charge in [-0.15, -0.1) is 0 Å². The number of hydrogen-bond donors (Lipinski definition) is 0. The molecule has 0 atom stereocenters. The van der Waals surface area contributed by atoms with Crippen molar-refractivity contribution >= 4 is 16.6 Å². The lowest BCUT2D eigenvalue weighted by molar-refractivity contribution is 0.103. The molecule has 0 bridgehead atoms. The molecular weight excluding hydrogens is 280 g/mol. The number of fused-ring (bicyclic) bond motifs is 2. The minimum atomic E-state index is -0.106. The number of pyridine rings is 2. The summed E-state index contributed by atoms with van der Waals surface area (Å²) in [6.07, 6.45) is 3.29. The van der Waals surface area contributed by atoms with Crippen molar-refractivity contribution < 1.29 is 14.3 Å². The Labute approximate surface area is 126 Å². The molecule has 5 nitrogen and oxygen atoms in total. The van der Waals surface area contributed by atoms with Gasteiger partial charge in [0.05, 0.1) is 26.1 Å². The average molecular weight is 292 g/mol. The molecule has 4 rings (SSSR count). The Morgan fingerprint density at radius 2 is 1.82 bits per heavy atom. The van der Waals surface area contributed by atoms with Crippen molar-refractivity contribution in [1.29, 1.82) is 0 Å². The molecule has 2 aromatic heterocycles. The van der Waals surface area contributed by atoms with E-state index in [0.29, 0.717) is 22.8 Å². The maximum absolute atomic E-state index is 12.7. The summed E-state index contributed by atoms with van der Waals surface area (Å²) in [6, 6.07) is 7.19. The zero-order valence-electron chi connectivity index (χ0n) is 12.1. The van der Waals surface area contributed by atoms with Crippen LogP contribution in [0.2, 0.25) is 0 Å². The maximum Gasteiger partial charge on any atom is 0.212 e. The Hall–Kier alpha value is -2.95. The van der Waals surface area contributed by atoms with Gasteiger partial charge in [-0.05, 0) is 24.3 Å². The van der Waals surface area contributed by atoms with Gasteiger partial charge in [0.2, 0.25) is 5.78 Å². The highest BCUT2D eigenvalue weighted by molar-refractivity contribution is 6.24. The van der Waals surface area contributed by atoms with Gasteiger partial charge < -0.3 is 9.47 Å². The molecule has 22 heavy (non-hydrogen) atoms. The van der Waals surface area contributed by atoms with Crippen LogP contribution in [-0.4, -0.2) is 30.0 Å². The first kappa shape index (κ1) is 12.8. The predicted octanol–water partition coefficient (Wildman–Crippen LogP) is 2.86. The largest absolute Gasteiger partial charge is 0.497 e. The van der Waals surface area contributed by atoms with Gasteiger partial charge in [0, 0.05) is 28.1 Å². The predicted molar refractivity (Wildman–Crippen MR) is 81.5 cm³/mol. The van der Waals surface area contributed by atoms with Crippen molar-refractivity contribution in [1.82, 2.24) is 9.97 Å². The average Bonchev–Trinajstić information content (AvgIpc) is 2.58. The van der Waals surface area contributed by atoms with E-state index in [2.05, 4.69) is 9.97 Å². The third-order valence-electron chi connectivity index (χ3n) is 3.93. The summed E-state index contributed by atoms with van der Waals surface area (Å²) in [5.74, 6) is 1.21. The fraction of sp³-hybridized carbons (Fsp3) is 0.118. The zero-order chi connectivity index (χ0) is 15.3. The van der Waals surface area contributed by atoms with E-state index in [9.17, 15) is 4.79 Å². The summed E-state index contributed by atoms with van der Waals surface area (Å²) in [5.41, 5.74) is 2.49. The highest BCUT2D eigenvalue weighted by Gasteiger charge is 2.28. The SMILES string of the molecule is COc1ccc2c(c1)-c1nccc3c(OC)cnc(c13)C2=O. The zero-order valence-corrected chi connectivity index (χ0v) is 12.1. The number of nitrogens with zero attached hydrogens (tertiary/aromatic N) is 2. The lowest BCUT2D eigenvalue weighted by Crippen LogP contribution is -2.13. The second-order valence-electron chi connectivity index (χ2n) is 5.00. The van der Waals surface area contributed by atoms with Crippen LogP contribution in [0, 0.1) is 0 Å². The smallest absolute Gasteiger partial charge is 0.212 e. The number of methoxy groups -OCH3 is 2. The van der Waals surface area contributed by atoms with E-state index in [0.717, 1.165) is 22.0 Å². The van der Waals surface area contributed by atoms with Crippen LogP contribution in [0.5, 0.6) is 11.5 Å². The van der Waals surface area contributed by atoms with E-state index in [1.54, 1.807) is 38.7 Å². The third kappa shape index (κ3) is 1.56. The summed E-state index contributed by atoms with van der Waals surface area (Å²) >= 11 is 0. The lowest BCUT2D eigenvalue weighted by Gasteiger charge is -2.19. The third-order valence-corrected chi connectivity index (χ3v) is 3.93. The van der Waals surface area contributed by atoms with Gasteiger partial charge in [0.25, 0.3) is 0 Å². The van der Waals surface area contributed by atoms with E-state index in [1.807, 2.05) is 12.1 Å². The standard InChI is InChI=1S/C17H12N2O3/c1-21-9-3-4-10-12(7-9)15-14-11(5-6-18-15)13(22-2)8-19-16(14)17(10)20/h3-8H,1-2H3. The molecule has 0 aliphatic heterocycles. The van der Waals surface area contributed by atoms with Crippen LogP contribution >= 0.6 is 0 Å². The molecule has 1 aliphatic rings. The van der Waals surface area contributed by atoms with Gasteiger partial charge in [0.1, 0.15) is 17.2 Å². The Kier molecular flexibility index (Phi) is 2.63. The Bertz CT molecular complexity index is 935. The van der Waals surface area contributed by atoms with Crippen molar-refractivity contribution in [2.45, 2.75) is 0 Å². The number of rotatable bonds is 2. The molecule has 1 aliphatic carbocycles. The van der Waals surface area contributed by atoms with Crippen molar-refractivity contribution in [3.63, 3.8) is 0 Å². The number of aromatic nitrogens is 2. The van der Waals surface area contributed by atoms with Crippen LogP contribution in [0.3, 0.4) is 0 Å². The molecule has 5 heteroatoms.